The average molecular weight is 479 g/mol. The van der Waals surface area contributed by atoms with Gasteiger partial charge in [-0.1, -0.05) is 48.5 Å². The van der Waals surface area contributed by atoms with Crippen molar-refractivity contribution >= 4 is 23.0 Å². The Morgan fingerprint density at radius 2 is 1.17 bits per heavy atom. The third-order valence-electron chi connectivity index (χ3n) is 7.44. The Labute approximate surface area is 212 Å². The lowest BCUT2D eigenvalue weighted by Crippen LogP contribution is -2.65. The van der Waals surface area contributed by atoms with Crippen molar-refractivity contribution in [2.45, 2.75) is 38.9 Å². The van der Waals surface area contributed by atoms with Crippen molar-refractivity contribution in [3.05, 3.63) is 125 Å². The molecule has 0 aliphatic carbocycles. The quantitative estimate of drug-likeness (QED) is 0.233. The summed E-state index contributed by atoms with van der Waals surface area (Å²) < 4.78 is 2.25. The lowest BCUT2D eigenvalue weighted by molar-refractivity contribution is -0.717. The molecule has 1 aromatic heterocycles. The summed E-state index contributed by atoms with van der Waals surface area (Å²) in [6, 6.07) is 27.8. The number of hydrogen-bond acceptors (Lipinski definition) is 2. The van der Waals surface area contributed by atoms with Gasteiger partial charge in [0.05, 0.1) is 11.1 Å². The summed E-state index contributed by atoms with van der Waals surface area (Å²) in [5.41, 5.74) is 10.7. The highest BCUT2D eigenvalue weighted by Crippen LogP contribution is 2.49. The van der Waals surface area contributed by atoms with E-state index in [0.717, 1.165) is 11.3 Å². The van der Waals surface area contributed by atoms with Gasteiger partial charge in [-0.15, -0.1) is 0 Å². The number of fused-ring (bicyclic) bond motifs is 3. The van der Waals surface area contributed by atoms with Gasteiger partial charge in [-0.3, -0.25) is 0 Å². The van der Waals surface area contributed by atoms with Gasteiger partial charge in [0, 0.05) is 35.9 Å². The molecule has 1 atom stereocenters. The first-order valence-corrected chi connectivity index (χ1v) is 12.5. The van der Waals surface area contributed by atoms with Crippen LogP contribution in [0.5, 0.6) is 0 Å². The number of anilines is 2. The number of para-hydroxylation sites is 2. The Morgan fingerprint density at radius 3 is 1.74 bits per heavy atom. The van der Waals surface area contributed by atoms with Gasteiger partial charge in [0.15, 0.2) is 12.4 Å². The van der Waals surface area contributed by atoms with Crippen LogP contribution in [-0.2, 0) is 5.00 Å². The molecule has 0 N–H and O–H groups in total. The number of benzene rings is 3. The van der Waals surface area contributed by atoms with Crippen LogP contribution in [-0.4, -0.2) is 6.17 Å². The Hall–Kier alpha value is -3.56. The van der Waals surface area contributed by atoms with E-state index >= 15 is 0 Å². The average Bonchev–Trinajstić information content (AvgIpc) is 3.38. The van der Waals surface area contributed by atoms with E-state index in [0.29, 0.717) is 0 Å². The van der Waals surface area contributed by atoms with E-state index in [1.807, 2.05) is 0 Å². The zero-order valence-electron chi connectivity index (χ0n) is 20.5. The molecule has 2 aliphatic heterocycles. The summed E-state index contributed by atoms with van der Waals surface area (Å²) in [5, 5.41) is 0. The van der Waals surface area contributed by atoms with Crippen LogP contribution in [0, 0.1) is 27.7 Å². The SMILES string of the molecule is Cc1cccc(C)c1N1C=CN(c2c(C)cccc2C)C1C1(Cl)c2ccccc2-c2cccc[n+]21. The molecule has 3 nitrogen and oxygen atoms in total. The fraction of sp³-hybridized carbons (Fsp3) is 0.194. The van der Waals surface area contributed by atoms with Gasteiger partial charge in [-0.25, -0.2) is 0 Å². The fourth-order valence-corrected chi connectivity index (χ4v) is 6.50. The van der Waals surface area contributed by atoms with Gasteiger partial charge in [0.25, 0.3) is 0 Å². The second-order valence-corrected chi connectivity index (χ2v) is 10.2. The Bertz CT molecular complexity index is 1340. The summed E-state index contributed by atoms with van der Waals surface area (Å²) in [4.78, 5) is 3.88. The number of nitrogens with zero attached hydrogens (tertiary/aromatic N) is 3. The number of hydrogen-bond donors (Lipinski definition) is 0. The van der Waals surface area contributed by atoms with Crippen LogP contribution in [0.1, 0.15) is 27.8 Å². The molecule has 6 rings (SSSR count). The molecular weight excluding hydrogens is 450 g/mol. The number of pyridine rings is 1. The molecule has 0 radical (unpaired) electrons. The van der Waals surface area contributed by atoms with Crippen molar-refractivity contribution in [1.82, 2.24) is 0 Å². The second-order valence-electron chi connectivity index (χ2n) is 9.64. The minimum Gasteiger partial charge on any atom is -0.317 e. The smallest absolute Gasteiger partial charge is 0.308 e. The van der Waals surface area contributed by atoms with Crippen LogP contribution < -0.4 is 14.4 Å². The van der Waals surface area contributed by atoms with Gasteiger partial charge in [-0.05, 0) is 79.7 Å². The van der Waals surface area contributed by atoms with Crippen LogP contribution in [0.2, 0.25) is 0 Å². The summed E-state index contributed by atoms with van der Waals surface area (Å²) in [5.74, 6) is 0. The minimum absolute atomic E-state index is 0.224. The van der Waals surface area contributed by atoms with Gasteiger partial charge in [0.1, 0.15) is 0 Å². The maximum Gasteiger partial charge on any atom is 0.308 e. The number of aryl methyl sites for hydroxylation is 4. The summed E-state index contributed by atoms with van der Waals surface area (Å²) >= 11 is 7.98. The third-order valence-corrected chi connectivity index (χ3v) is 8.02. The van der Waals surface area contributed by atoms with Crippen LogP contribution in [0.3, 0.4) is 0 Å². The number of halogens is 1. The standard InChI is InChI=1S/C31H29ClN3/c1-21-11-9-12-22(2)28(21)33-19-20-34(29-23(3)13-10-14-24(29)4)30(33)31(32)26-16-6-5-15-25(26)27-17-7-8-18-35(27)31/h5-20,30H,1-4H3/q+1. The van der Waals surface area contributed by atoms with E-state index in [4.69, 9.17) is 11.6 Å². The summed E-state index contributed by atoms with van der Waals surface area (Å²) in [6.45, 7) is 8.72. The number of rotatable bonds is 3. The molecule has 0 fully saturated rings. The molecule has 4 aromatic rings. The molecule has 0 saturated carbocycles. The molecule has 0 bridgehead atoms. The zero-order chi connectivity index (χ0) is 24.3. The van der Waals surface area contributed by atoms with Crippen molar-refractivity contribution in [2.75, 3.05) is 9.80 Å². The van der Waals surface area contributed by atoms with Crippen LogP contribution >= 0.6 is 11.6 Å². The van der Waals surface area contributed by atoms with Crippen LogP contribution in [0.15, 0.2) is 97.5 Å². The first kappa shape index (κ1) is 21.9. The molecule has 4 heteroatoms. The number of alkyl halides is 1. The van der Waals surface area contributed by atoms with E-state index in [2.05, 4.69) is 140 Å². The molecule has 1 unspecified atom stereocenters. The van der Waals surface area contributed by atoms with Crippen LogP contribution in [0.4, 0.5) is 11.4 Å². The van der Waals surface area contributed by atoms with Gasteiger partial charge in [0.2, 0.25) is 5.69 Å². The summed E-state index contributed by atoms with van der Waals surface area (Å²) in [6.07, 6.45) is 6.28. The predicted molar refractivity (Wildman–Crippen MR) is 145 cm³/mol. The monoisotopic (exact) mass is 478 g/mol. The highest BCUT2D eigenvalue weighted by atomic mass is 35.5. The van der Waals surface area contributed by atoms with Gasteiger partial charge >= 0.3 is 5.00 Å². The lowest BCUT2D eigenvalue weighted by atomic mass is 9.97. The molecule has 0 amide bonds. The molecule has 35 heavy (non-hydrogen) atoms. The fourth-order valence-electron chi connectivity index (χ4n) is 5.98. The Morgan fingerprint density at radius 1 is 0.657 bits per heavy atom. The Kier molecular flexibility index (Phi) is 5.01. The molecule has 174 valence electrons. The first-order chi connectivity index (χ1) is 16.9. The maximum absolute atomic E-state index is 7.98. The zero-order valence-corrected chi connectivity index (χ0v) is 21.3. The van der Waals surface area contributed by atoms with Crippen LogP contribution in [0.25, 0.3) is 11.3 Å². The predicted octanol–water partition coefficient (Wildman–Crippen LogP) is 6.95. The van der Waals surface area contributed by atoms with Crippen molar-refractivity contribution in [3.63, 3.8) is 0 Å². The molecule has 3 heterocycles. The van der Waals surface area contributed by atoms with E-state index in [-0.39, 0.29) is 6.17 Å². The summed E-state index contributed by atoms with van der Waals surface area (Å²) in [7, 11) is 0. The van der Waals surface area contributed by atoms with E-state index in [9.17, 15) is 0 Å². The minimum atomic E-state index is -0.861. The van der Waals surface area contributed by atoms with E-state index in [1.165, 1.54) is 39.2 Å². The molecule has 0 saturated heterocycles. The van der Waals surface area contributed by atoms with Crippen molar-refractivity contribution in [3.8, 4) is 11.3 Å². The van der Waals surface area contributed by atoms with Crippen molar-refractivity contribution in [1.29, 1.82) is 0 Å². The normalized spacial score (nSPS) is 18.8. The first-order valence-electron chi connectivity index (χ1n) is 12.1. The van der Waals surface area contributed by atoms with Gasteiger partial charge in [-0.2, -0.15) is 4.57 Å². The lowest BCUT2D eigenvalue weighted by Gasteiger charge is -2.40. The molecule has 3 aromatic carbocycles. The number of aromatic nitrogens is 1. The molecular formula is C31H29ClN3+. The highest BCUT2D eigenvalue weighted by Gasteiger charge is 2.61. The molecule has 2 aliphatic rings. The largest absolute Gasteiger partial charge is 0.317 e. The van der Waals surface area contributed by atoms with Gasteiger partial charge < -0.3 is 9.80 Å². The Balaban J connectivity index is 1.66. The van der Waals surface area contributed by atoms with E-state index in [1.54, 1.807) is 0 Å². The van der Waals surface area contributed by atoms with E-state index < -0.39 is 5.00 Å². The topological polar surface area (TPSA) is 10.4 Å². The van der Waals surface area contributed by atoms with Crippen molar-refractivity contribution in [2.24, 2.45) is 0 Å². The third kappa shape index (κ3) is 3.08. The van der Waals surface area contributed by atoms with Crippen molar-refractivity contribution < 1.29 is 4.57 Å². The second kappa shape index (κ2) is 8.00. The molecule has 0 spiro atoms. The maximum atomic E-state index is 7.98. The highest BCUT2D eigenvalue weighted by molar-refractivity contribution is 6.24.